The Bertz CT molecular complexity index is 612. The SMILES string of the molecule is CC1(C)[C@H](Cc2c[nH]c3ccccc23)[C@H]1C(=O)O. The molecule has 2 aromatic rings. The van der Waals surface area contributed by atoms with E-state index < -0.39 is 5.97 Å². The van der Waals surface area contributed by atoms with Crippen LogP contribution in [0.4, 0.5) is 0 Å². The average Bonchev–Trinajstić information content (AvgIpc) is 2.69. The summed E-state index contributed by atoms with van der Waals surface area (Å²) in [6, 6.07) is 8.16. The molecule has 1 fully saturated rings. The molecular formula is C15H17NO2. The number of carbonyl (C=O) groups is 1. The maximum Gasteiger partial charge on any atom is 0.307 e. The van der Waals surface area contributed by atoms with Crippen molar-refractivity contribution in [1.82, 2.24) is 4.98 Å². The van der Waals surface area contributed by atoms with Crippen LogP contribution in [-0.4, -0.2) is 16.1 Å². The van der Waals surface area contributed by atoms with Gasteiger partial charge in [0.2, 0.25) is 0 Å². The maximum atomic E-state index is 11.2. The Balaban J connectivity index is 1.88. The lowest BCUT2D eigenvalue weighted by atomic mass is 10.0. The fraction of sp³-hybridized carbons (Fsp3) is 0.400. The van der Waals surface area contributed by atoms with Gasteiger partial charge in [0.15, 0.2) is 0 Å². The van der Waals surface area contributed by atoms with Gasteiger partial charge in [-0.05, 0) is 29.4 Å². The van der Waals surface area contributed by atoms with Gasteiger partial charge in [0, 0.05) is 17.1 Å². The molecule has 0 unspecified atom stereocenters. The normalized spacial score (nSPS) is 25.2. The van der Waals surface area contributed by atoms with E-state index >= 15 is 0 Å². The van der Waals surface area contributed by atoms with Crippen molar-refractivity contribution >= 4 is 16.9 Å². The van der Waals surface area contributed by atoms with Crippen LogP contribution < -0.4 is 0 Å². The van der Waals surface area contributed by atoms with Crippen LogP contribution in [0.3, 0.4) is 0 Å². The van der Waals surface area contributed by atoms with Crippen LogP contribution >= 0.6 is 0 Å². The summed E-state index contributed by atoms with van der Waals surface area (Å²) in [7, 11) is 0. The molecule has 0 bridgehead atoms. The quantitative estimate of drug-likeness (QED) is 0.870. The van der Waals surface area contributed by atoms with Gasteiger partial charge >= 0.3 is 5.97 Å². The standard InChI is InChI=1S/C15H17NO2/c1-15(2)11(13(15)14(17)18)7-9-8-16-12-6-4-3-5-10(9)12/h3-6,8,11,13,16H,7H2,1-2H3,(H,17,18)/t11-,13+/m1/s1. The van der Waals surface area contributed by atoms with Crippen LogP contribution in [0.15, 0.2) is 30.5 Å². The second-order valence-electron chi connectivity index (χ2n) is 5.81. The Labute approximate surface area is 106 Å². The van der Waals surface area contributed by atoms with Gasteiger partial charge in [-0.1, -0.05) is 32.0 Å². The van der Waals surface area contributed by atoms with E-state index in [2.05, 4.69) is 11.1 Å². The second-order valence-corrected chi connectivity index (χ2v) is 5.81. The second kappa shape index (κ2) is 3.61. The molecule has 0 amide bonds. The minimum Gasteiger partial charge on any atom is -0.481 e. The number of aromatic amines is 1. The van der Waals surface area contributed by atoms with Crippen molar-refractivity contribution in [3.8, 4) is 0 Å². The summed E-state index contributed by atoms with van der Waals surface area (Å²) in [5, 5.41) is 10.4. The first-order chi connectivity index (χ1) is 8.51. The first-order valence-corrected chi connectivity index (χ1v) is 6.29. The first-order valence-electron chi connectivity index (χ1n) is 6.29. The number of aromatic nitrogens is 1. The number of para-hydroxylation sites is 1. The van der Waals surface area contributed by atoms with E-state index in [0.717, 1.165) is 11.9 Å². The van der Waals surface area contributed by atoms with E-state index in [4.69, 9.17) is 0 Å². The number of nitrogens with one attached hydrogen (secondary N) is 1. The van der Waals surface area contributed by atoms with Crippen LogP contribution in [0, 0.1) is 17.3 Å². The Morgan fingerprint density at radius 2 is 2.11 bits per heavy atom. The number of fused-ring (bicyclic) bond motifs is 1. The Morgan fingerprint density at radius 1 is 1.39 bits per heavy atom. The molecule has 1 saturated carbocycles. The average molecular weight is 243 g/mol. The smallest absolute Gasteiger partial charge is 0.307 e. The largest absolute Gasteiger partial charge is 0.481 e. The summed E-state index contributed by atoms with van der Waals surface area (Å²) in [6.45, 7) is 4.09. The highest BCUT2D eigenvalue weighted by molar-refractivity contribution is 5.83. The predicted molar refractivity (Wildman–Crippen MR) is 70.4 cm³/mol. The fourth-order valence-corrected chi connectivity index (χ4v) is 3.15. The zero-order valence-electron chi connectivity index (χ0n) is 10.6. The van der Waals surface area contributed by atoms with Gasteiger partial charge in [-0.15, -0.1) is 0 Å². The van der Waals surface area contributed by atoms with Crippen molar-refractivity contribution in [3.05, 3.63) is 36.0 Å². The summed E-state index contributed by atoms with van der Waals surface area (Å²) in [5.41, 5.74) is 2.27. The number of carboxylic acids is 1. The number of aliphatic carboxylic acids is 1. The molecule has 3 nitrogen and oxygen atoms in total. The monoisotopic (exact) mass is 243 g/mol. The van der Waals surface area contributed by atoms with Crippen LogP contribution in [-0.2, 0) is 11.2 Å². The zero-order valence-corrected chi connectivity index (χ0v) is 10.6. The van der Waals surface area contributed by atoms with Crippen molar-refractivity contribution in [3.63, 3.8) is 0 Å². The third kappa shape index (κ3) is 1.54. The molecule has 18 heavy (non-hydrogen) atoms. The van der Waals surface area contributed by atoms with Gasteiger partial charge in [0.1, 0.15) is 0 Å². The molecule has 1 aromatic heterocycles. The molecule has 0 aliphatic heterocycles. The molecule has 3 rings (SSSR count). The number of rotatable bonds is 3. The highest BCUT2D eigenvalue weighted by Gasteiger charge is 2.61. The number of carboxylic acid groups (broad SMARTS) is 1. The zero-order chi connectivity index (χ0) is 12.9. The van der Waals surface area contributed by atoms with Crippen molar-refractivity contribution in [1.29, 1.82) is 0 Å². The lowest BCUT2D eigenvalue weighted by Gasteiger charge is -2.01. The molecule has 2 atom stereocenters. The van der Waals surface area contributed by atoms with Gasteiger partial charge in [-0.2, -0.15) is 0 Å². The molecule has 0 saturated heterocycles. The predicted octanol–water partition coefficient (Wildman–Crippen LogP) is 3.07. The Morgan fingerprint density at radius 3 is 2.78 bits per heavy atom. The number of hydrogen-bond donors (Lipinski definition) is 2. The molecule has 1 aromatic carbocycles. The van der Waals surface area contributed by atoms with Gasteiger partial charge < -0.3 is 10.1 Å². The lowest BCUT2D eigenvalue weighted by Crippen LogP contribution is -2.03. The molecule has 94 valence electrons. The van der Waals surface area contributed by atoms with E-state index in [1.54, 1.807) is 0 Å². The van der Waals surface area contributed by atoms with Gasteiger partial charge in [-0.3, -0.25) is 4.79 Å². The molecule has 2 N–H and O–H groups in total. The molecule has 1 aliphatic carbocycles. The Hall–Kier alpha value is -1.77. The fourth-order valence-electron chi connectivity index (χ4n) is 3.15. The maximum absolute atomic E-state index is 11.2. The number of H-pyrrole nitrogens is 1. The minimum absolute atomic E-state index is 0.0792. The van der Waals surface area contributed by atoms with Crippen LogP contribution in [0.1, 0.15) is 19.4 Å². The Kier molecular flexibility index (Phi) is 2.27. The van der Waals surface area contributed by atoms with Gasteiger partial charge in [-0.25, -0.2) is 0 Å². The molecule has 3 heteroatoms. The van der Waals surface area contributed by atoms with Crippen LogP contribution in [0.5, 0.6) is 0 Å². The summed E-state index contributed by atoms with van der Waals surface area (Å²) in [4.78, 5) is 14.4. The third-order valence-corrected chi connectivity index (χ3v) is 4.43. The van der Waals surface area contributed by atoms with E-state index in [1.165, 1.54) is 10.9 Å². The summed E-state index contributed by atoms with van der Waals surface area (Å²) >= 11 is 0. The van der Waals surface area contributed by atoms with Crippen molar-refractivity contribution < 1.29 is 9.90 Å². The molecule has 0 radical (unpaired) electrons. The van der Waals surface area contributed by atoms with Gasteiger partial charge in [0.05, 0.1) is 5.92 Å². The summed E-state index contributed by atoms with van der Waals surface area (Å²) in [6.07, 6.45) is 2.85. The van der Waals surface area contributed by atoms with Crippen molar-refractivity contribution in [2.75, 3.05) is 0 Å². The third-order valence-electron chi connectivity index (χ3n) is 4.43. The first kappa shape index (κ1) is 11.3. The highest BCUT2D eigenvalue weighted by Crippen LogP contribution is 2.59. The van der Waals surface area contributed by atoms with Crippen LogP contribution in [0.25, 0.3) is 10.9 Å². The van der Waals surface area contributed by atoms with Crippen molar-refractivity contribution in [2.45, 2.75) is 20.3 Å². The van der Waals surface area contributed by atoms with Gasteiger partial charge in [0.25, 0.3) is 0 Å². The lowest BCUT2D eigenvalue weighted by molar-refractivity contribution is -0.139. The van der Waals surface area contributed by atoms with E-state index in [9.17, 15) is 9.90 Å². The van der Waals surface area contributed by atoms with E-state index in [0.29, 0.717) is 0 Å². The number of hydrogen-bond acceptors (Lipinski definition) is 1. The highest BCUT2D eigenvalue weighted by atomic mass is 16.4. The minimum atomic E-state index is -0.662. The summed E-state index contributed by atoms with van der Waals surface area (Å²) < 4.78 is 0. The van der Waals surface area contributed by atoms with E-state index in [-0.39, 0.29) is 17.3 Å². The topological polar surface area (TPSA) is 53.1 Å². The summed E-state index contributed by atoms with van der Waals surface area (Å²) in [5.74, 6) is -0.620. The van der Waals surface area contributed by atoms with Crippen LogP contribution in [0.2, 0.25) is 0 Å². The molecular weight excluding hydrogens is 226 g/mol. The number of benzene rings is 1. The molecule has 1 aliphatic rings. The van der Waals surface area contributed by atoms with Crippen molar-refractivity contribution in [2.24, 2.45) is 17.3 Å². The molecule has 0 spiro atoms. The molecule has 1 heterocycles. The van der Waals surface area contributed by atoms with E-state index in [1.807, 2.05) is 38.2 Å².